The van der Waals surface area contributed by atoms with Gasteiger partial charge in [-0.1, -0.05) is 18.2 Å². The fourth-order valence-electron chi connectivity index (χ4n) is 2.55. The molecule has 1 aromatic carbocycles. The summed E-state index contributed by atoms with van der Waals surface area (Å²) in [6, 6.07) is 7.87. The Labute approximate surface area is 117 Å². The van der Waals surface area contributed by atoms with E-state index in [4.69, 9.17) is 4.74 Å². The zero-order valence-electron chi connectivity index (χ0n) is 11.2. The first-order valence-corrected chi connectivity index (χ1v) is 6.53. The summed E-state index contributed by atoms with van der Waals surface area (Å²) in [5.74, 6) is 0.0514. The van der Waals surface area contributed by atoms with E-state index in [1.165, 1.54) is 19.5 Å². The van der Waals surface area contributed by atoms with Crippen LogP contribution in [0, 0.1) is 0 Å². The molecule has 1 aliphatic rings. The Morgan fingerprint density at radius 1 is 1.30 bits per heavy atom. The molecule has 0 radical (unpaired) electrons. The first-order valence-electron chi connectivity index (χ1n) is 6.53. The SMILES string of the molecule is COc1nccnc1C(=O)C1CCNc2ccccc21. The summed E-state index contributed by atoms with van der Waals surface area (Å²) < 4.78 is 5.14. The summed E-state index contributed by atoms with van der Waals surface area (Å²) in [5.41, 5.74) is 2.33. The molecule has 0 bridgehead atoms. The molecular formula is C15H15N3O2. The quantitative estimate of drug-likeness (QED) is 0.866. The highest BCUT2D eigenvalue weighted by Crippen LogP contribution is 2.34. The molecule has 5 nitrogen and oxygen atoms in total. The lowest BCUT2D eigenvalue weighted by Crippen LogP contribution is -2.24. The maximum Gasteiger partial charge on any atom is 0.243 e. The normalized spacial score (nSPS) is 16.9. The van der Waals surface area contributed by atoms with Gasteiger partial charge in [0.05, 0.1) is 13.0 Å². The molecule has 5 heteroatoms. The Bertz CT molecular complexity index is 643. The lowest BCUT2D eigenvalue weighted by atomic mass is 9.86. The van der Waals surface area contributed by atoms with Crippen LogP contribution in [0.2, 0.25) is 0 Å². The van der Waals surface area contributed by atoms with Gasteiger partial charge < -0.3 is 10.1 Å². The number of aromatic nitrogens is 2. The van der Waals surface area contributed by atoms with Gasteiger partial charge in [0.25, 0.3) is 0 Å². The van der Waals surface area contributed by atoms with Crippen LogP contribution >= 0.6 is 0 Å². The van der Waals surface area contributed by atoms with Crippen LogP contribution in [0.25, 0.3) is 0 Å². The number of ketones is 1. The number of Topliss-reactive ketones (excluding diaryl/α,β-unsaturated/α-hetero) is 1. The number of methoxy groups -OCH3 is 1. The van der Waals surface area contributed by atoms with Crippen molar-refractivity contribution in [2.24, 2.45) is 0 Å². The fourth-order valence-corrected chi connectivity index (χ4v) is 2.55. The van der Waals surface area contributed by atoms with Crippen LogP contribution in [0.4, 0.5) is 5.69 Å². The molecule has 1 aromatic heterocycles. The van der Waals surface area contributed by atoms with Crippen LogP contribution in [0.15, 0.2) is 36.7 Å². The minimum Gasteiger partial charge on any atom is -0.479 e. The van der Waals surface area contributed by atoms with Crippen LogP contribution in [-0.4, -0.2) is 29.4 Å². The summed E-state index contributed by atoms with van der Waals surface area (Å²) in [6.45, 7) is 0.774. The number of fused-ring (bicyclic) bond motifs is 1. The van der Waals surface area contributed by atoms with Crippen molar-refractivity contribution in [3.8, 4) is 5.88 Å². The van der Waals surface area contributed by atoms with E-state index < -0.39 is 0 Å². The predicted octanol–water partition coefficient (Wildman–Crippen LogP) is 2.27. The maximum absolute atomic E-state index is 12.7. The number of nitrogens with zero attached hydrogens (tertiary/aromatic N) is 2. The zero-order chi connectivity index (χ0) is 13.9. The number of nitrogens with one attached hydrogen (secondary N) is 1. The topological polar surface area (TPSA) is 64.1 Å². The molecule has 0 aliphatic carbocycles. The van der Waals surface area contributed by atoms with Crippen LogP contribution in [0.3, 0.4) is 0 Å². The van der Waals surface area contributed by atoms with Crippen molar-refractivity contribution in [3.63, 3.8) is 0 Å². The van der Waals surface area contributed by atoms with Gasteiger partial charge in [0.1, 0.15) is 0 Å². The van der Waals surface area contributed by atoms with E-state index in [-0.39, 0.29) is 17.6 Å². The third-order valence-corrected chi connectivity index (χ3v) is 3.49. The molecule has 0 saturated carbocycles. The van der Waals surface area contributed by atoms with Crippen molar-refractivity contribution in [2.75, 3.05) is 19.0 Å². The molecule has 20 heavy (non-hydrogen) atoms. The van der Waals surface area contributed by atoms with Crippen LogP contribution < -0.4 is 10.1 Å². The van der Waals surface area contributed by atoms with Crippen molar-refractivity contribution in [2.45, 2.75) is 12.3 Å². The summed E-state index contributed by atoms with van der Waals surface area (Å²) >= 11 is 0. The monoisotopic (exact) mass is 269 g/mol. The second kappa shape index (κ2) is 5.28. The highest BCUT2D eigenvalue weighted by molar-refractivity contribution is 6.02. The Hall–Kier alpha value is -2.43. The van der Waals surface area contributed by atoms with Gasteiger partial charge in [-0.25, -0.2) is 9.97 Å². The van der Waals surface area contributed by atoms with E-state index in [1.54, 1.807) is 0 Å². The van der Waals surface area contributed by atoms with Crippen LogP contribution in [-0.2, 0) is 0 Å². The Balaban J connectivity index is 2.00. The molecule has 2 heterocycles. The highest BCUT2D eigenvalue weighted by atomic mass is 16.5. The van der Waals surface area contributed by atoms with E-state index in [1.807, 2.05) is 24.3 Å². The second-order valence-corrected chi connectivity index (χ2v) is 4.63. The van der Waals surface area contributed by atoms with Gasteiger partial charge in [-0.05, 0) is 18.1 Å². The largest absolute Gasteiger partial charge is 0.479 e. The zero-order valence-corrected chi connectivity index (χ0v) is 11.2. The van der Waals surface area contributed by atoms with Gasteiger partial charge in [-0.3, -0.25) is 4.79 Å². The average molecular weight is 269 g/mol. The maximum atomic E-state index is 12.7. The van der Waals surface area contributed by atoms with Crippen molar-refractivity contribution in [1.82, 2.24) is 9.97 Å². The Kier molecular flexibility index (Phi) is 3.33. The van der Waals surface area contributed by atoms with Crippen molar-refractivity contribution in [3.05, 3.63) is 47.9 Å². The lowest BCUT2D eigenvalue weighted by Gasteiger charge is -2.25. The number of ether oxygens (including phenoxy) is 1. The molecule has 1 aliphatic heterocycles. The van der Waals surface area contributed by atoms with Crippen LogP contribution in [0.5, 0.6) is 5.88 Å². The number of benzene rings is 1. The smallest absolute Gasteiger partial charge is 0.243 e. The number of rotatable bonds is 3. The molecular weight excluding hydrogens is 254 g/mol. The molecule has 0 saturated heterocycles. The summed E-state index contributed by atoms with van der Waals surface area (Å²) in [7, 11) is 1.50. The van der Waals surface area contributed by atoms with Gasteiger partial charge in [0.2, 0.25) is 5.88 Å². The lowest BCUT2D eigenvalue weighted by molar-refractivity contribution is 0.0946. The summed E-state index contributed by atoms with van der Waals surface area (Å²) in [5, 5.41) is 3.31. The minimum absolute atomic E-state index is 0.0381. The van der Waals surface area contributed by atoms with E-state index in [0.29, 0.717) is 5.69 Å². The number of para-hydroxylation sites is 1. The van der Waals surface area contributed by atoms with E-state index in [9.17, 15) is 4.79 Å². The van der Waals surface area contributed by atoms with Gasteiger partial charge >= 0.3 is 0 Å². The van der Waals surface area contributed by atoms with Crippen molar-refractivity contribution in [1.29, 1.82) is 0 Å². The van der Waals surface area contributed by atoms with Gasteiger partial charge in [0.15, 0.2) is 11.5 Å². The number of carbonyl (C=O) groups excluding carboxylic acids is 1. The number of hydrogen-bond donors (Lipinski definition) is 1. The van der Waals surface area contributed by atoms with Crippen molar-refractivity contribution < 1.29 is 9.53 Å². The molecule has 0 spiro atoms. The molecule has 0 amide bonds. The number of carbonyl (C=O) groups is 1. The first-order chi connectivity index (χ1) is 9.81. The van der Waals surface area contributed by atoms with Gasteiger partial charge in [-0.2, -0.15) is 0 Å². The minimum atomic E-state index is -0.196. The van der Waals surface area contributed by atoms with Gasteiger partial charge in [0, 0.05) is 24.6 Å². The van der Waals surface area contributed by atoms with E-state index in [0.717, 1.165) is 24.2 Å². The second-order valence-electron chi connectivity index (χ2n) is 4.63. The predicted molar refractivity (Wildman–Crippen MR) is 75.2 cm³/mol. The first kappa shape index (κ1) is 12.6. The molecule has 102 valence electrons. The third kappa shape index (κ3) is 2.11. The average Bonchev–Trinajstić information content (AvgIpc) is 2.53. The molecule has 2 aromatic rings. The molecule has 1 atom stereocenters. The highest BCUT2D eigenvalue weighted by Gasteiger charge is 2.30. The van der Waals surface area contributed by atoms with Crippen LogP contribution in [0.1, 0.15) is 28.4 Å². The standard InChI is InChI=1S/C15H15N3O2/c1-20-15-13(17-8-9-18-15)14(19)11-6-7-16-12-5-3-2-4-10(11)12/h2-5,8-9,11,16H,6-7H2,1H3. The van der Waals surface area contributed by atoms with Gasteiger partial charge in [-0.15, -0.1) is 0 Å². The Morgan fingerprint density at radius 2 is 2.10 bits per heavy atom. The number of hydrogen-bond acceptors (Lipinski definition) is 5. The third-order valence-electron chi connectivity index (χ3n) is 3.49. The van der Waals surface area contributed by atoms with Crippen molar-refractivity contribution >= 4 is 11.5 Å². The van der Waals surface area contributed by atoms with E-state index in [2.05, 4.69) is 15.3 Å². The Morgan fingerprint density at radius 3 is 2.95 bits per heavy atom. The van der Waals surface area contributed by atoms with E-state index >= 15 is 0 Å². The molecule has 1 unspecified atom stereocenters. The molecule has 0 fully saturated rings. The molecule has 1 N–H and O–H groups in total. The number of anilines is 1. The summed E-state index contributed by atoms with van der Waals surface area (Å²) in [4.78, 5) is 20.9. The fraction of sp³-hybridized carbons (Fsp3) is 0.267. The summed E-state index contributed by atoms with van der Waals surface area (Å²) in [6.07, 6.45) is 3.78. The molecule has 3 rings (SSSR count).